The summed E-state index contributed by atoms with van der Waals surface area (Å²) in [7, 11) is 0. The lowest BCUT2D eigenvalue weighted by Crippen LogP contribution is -2.36. The first-order chi connectivity index (χ1) is 17.1. The molecule has 1 aliphatic rings. The number of hydrogen-bond donors (Lipinski definition) is 0. The molecule has 0 unspecified atom stereocenters. The Kier molecular flexibility index (Phi) is 6.55. The average molecular weight is 487 g/mol. The number of benzene rings is 3. The van der Waals surface area contributed by atoms with Crippen LogP contribution in [-0.4, -0.2) is 34.0 Å². The number of fused-ring (bicyclic) bond motifs is 4. The van der Waals surface area contributed by atoms with Gasteiger partial charge in [-0.2, -0.15) is 4.98 Å². The highest BCUT2D eigenvalue weighted by Crippen LogP contribution is 2.46. The van der Waals surface area contributed by atoms with Crippen LogP contribution < -0.4 is 14.4 Å². The zero-order chi connectivity index (χ0) is 24.4. The van der Waals surface area contributed by atoms with Crippen LogP contribution in [0.1, 0.15) is 38.5 Å². The van der Waals surface area contributed by atoms with Gasteiger partial charge in [0.25, 0.3) is 0 Å². The minimum absolute atomic E-state index is 0.166. The summed E-state index contributed by atoms with van der Waals surface area (Å²) < 4.78 is 12.9. The molecule has 0 spiro atoms. The van der Waals surface area contributed by atoms with E-state index < -0.39 is 6.23 Å². The van der Waals surface area contributed by atoms with E-state index in [1.165, 1.54) is 18.7 Å². The van der Waals surface area contributed by atoms with Crippen LogP contribution >= 0.6 is 11.8 Å². The Balaban J connectivity index is 1.79. The maximum atomic E-state index is 13.2. The van der Waals surface area contributed by atoms with Crippen molar-refractivity contribution in [2.75, 3.05) is 17.8 Å². The molecule has 8 heteroatoms. The summed E-state index contributed by atoms with van der Waals surface area (Å²) in [6.07, 6.45) is 3.01. The van der Waals surface area contributed by atoms with Gasteiger partial charge in [-0.05, 0) is 35.6 Å². The quantitative estimate of drug-likeness (QED) is 0.243. The van der Waals surface area contributed by atoms with Crippen molar-refractivity contribution in [3.63, 3.8) is 0 Å². The number of carbonyl (C=O) groups excluding carboxylic acids is 1. The number of rotatable bonds is 6. The molecule has 2 heterocycles. The molecule has 0 saturated carbocycles. The van der Waals surface area contributed by atoms with Crippen LogP contribution in [-0.2, 0) is 4.79 Å². The summed E-state index contributed by atoms with van der Waals surface area (Å²) in [5.41, 5.74) is 2.70. The summed E-state index contributed by atoms with van der Waals surface area (Å²) in [5.74, 6) is 0.847. The molecule has 0 radical (unpaired) electrons. The fraction of sp³-hybridized carbons (Fsp3) is 0.259. The zero-order valence-electron chi connectivity index (χ0n) is 19.9. The summed E-state index contributed by atoms with van der Waals surface area (Å²) in [6, 6.07) is 19.6. The second-order valence-electron chi connectivity index (χ2n) is 8.23. The lowest BCUT2D eigenvalue weighted by atomic mass is 10.0. The number of carbonyl (C=O) groups is 1. The molecular formula is C27H26N4O3S. The average Bonchev–Trinajstić information content (AvgIpc) is 3.02. The summed E-state index contributed by atoms with van der Waals surface area (Å²) in [4.78, 5) is 19.5. The maximum absolute atomic E-state index is 13.2. The molecule has 35 heavy (non-hydrogen) atoms. The predicted octanol–water partition coefficient (Wildman–Crippen LogP) is 6.04. The van der Waals surface area contributed by atoms with E-state index in [9.17, 15) is 4.79 Å². The molecule has 0 saturated heterocycles. The first kappa shape index (κ1) is 23.1. The zero-order valence-corrected chi connectivity index (χ0v) is 20.7. The largest absolute Gasteiger partial charge is 0.493 e. The van der Waals surface area contributed by atoms with Crippen LogP contribution in [0, 0.1) is 0 Å². The molecule has 5 rings (SSSR count). The molecule has 1 amide bonds. The Morgan fingerprint density at radius 2 is 1.89 bits per heavy atom. The van der Waals surface area contributed by atoms with Crippen molar-refractivity contribution in [1.82, 2.24) is 15.2 Å². The van der Waals surface area contributed by atoms with E-state index in [0.717, 1.165) is 34.7 Å². The number of unbranched alkanes of at least 4 members (excludes halogenated alkanes) is 1. The first-order valence-electron chi connectivity index (χ1n) is 11.6. The normalized spacial score (nSPS) is 14.6. The fourth-order valence-corrected chi connectivity index (χ4v) is 4.61. The maximum Gasteiger partial charge on any atom is 0.247 e. The SMILES string of the molecule is CCCCOc1ccc2ccccc2c1[C@@H]1Oc2nc(SC)nnc2-c2ccccc2N1C(C)=O. The van der Waals surface area contributed by atoms with E-state index in [1.807, 2.05) is 66.9 Å². The fourth-order valence-electron chi connectivity index (χ4n) is 4.31. The second-order valence-corrected chi connectivity index (χ2v) is 9.00. The van der Waals surface area contributed by atoms with E-state index in [0.29, 0.717) is 34.8 Å². The van der Waals surface area contributed by atoms with Crippen molar-refractivity contribution in [2.24, 2.45) is 0 Å². The van der Waals surface area contributed by atoms with Gasteiger partial charge < -0.3 is 9.47 Å². The van der Waals surface area contributed by atoms with E-state index >= 15 is 0 Å². The monoisotopic (exact) mass is 486 g/mol. The van der Waals surface area contributed by atoms with Gasteiger partial charge in [0.2, 0.25) is 23.2 Å². The Morgan fingerprint density at radius 3 is 2.69 bits per heavy atom. The third kappa shape index (κ3) is 4.30. The van der Waals surface area contributed by atoms with Crippen LogP contribution in [0.25, 0.3) is 22.0 Å². The van der Waals surface area contributed by atoms with Gasteiger partial charge >= 0.3 is 0 Å². The molecule has 7 nitrogen and oxygen atoms in total. The third-order valence-electron chi connectivity index (χ3n) is 5.97. The van der Waals surface area contributed by atoms with Crippen LogP contribution in [0.15, 0.2) is 65.8 Å². The Hall–Kier alpha value is -3.65. The molecular weight excluding hydrogens is 460 g/mol. The lowest BCUT2D eigenvalue weighted by molar-refractivity contribution is -0.118. The van der Waals surface area contributed by atoms with Crippen molar-refractivity contribution in [3.05, 3.63) is 66.2 Å². The number of hydrogen-bond acceptors (Lipinski definition) is 7. The minimum atomic E-state index is -0.816. The Bertz CT molecular complexity index is 1390. The molecule has 178 valence electrons. The van der Waals surface area contributed by atoms with Gasteiger partial charge in [-0.3, -0.25) is 9.69 Å². The number of amides is 1. The minimum Gasteiger partial charge on any atom is -0.493 e. The standard InChI is InChI=1S/C27H26N4O3S/c1-4-5-16-33-22-15-14-18-10-6-7-11-19(18)23(22)26-31(17(2)32)21-13-9-8-12-20(21)24-25(34-26)28-27(35-3)30-29-24/h6-15,26H,4-5,16H2,1-3H3/t26-/m0/s1. The van der Waals surface area contributed by atoms with Crippen molar-refractivity contribution in [3.8, 4) is 22.9 Å². The highest BCUT2D eigenvalue weighted by molar-refractivity contribution is 7.98. The van der Waals surface area contributed by atoms with Crippen molar-refractivity contribution >= 4 is 34.1 Å². The number of anilines is 1. The third-order valence-corrected chi connectivity index (χ3v) is 6.50. The van der Waals surface area contributed by atoms with E-state index in [2.05, 4.69) is 22.1 Å². The van der Waals surface area contributed by atoms with Gasteiger partial charge in [0.05, 0.1) is 17.9 Å². The van der Waals surface area contributed by atoms with Gasteiger partial charge in [0, 0.05) is 12.5 Å². The Labute approximate surface area is 208 Å². The van der Waals surface area contributed by atoms with Gasteiger partial charge in [-0.15, -0.1) is 10.2 Å². The topological polar surface area (TPSA) is 77.4 Å². The van der Waals surface area contributed by atoms with E-state index in [4.69, 9.17) is 9.47 Å². The number of thioether (sulfide) groups is 1. The van der Waals surface area contributed by atoms with Crippen LogP contribution in [0.2, 0.25) is 0 Å². The van der Waals surface area contributed by atoms with Crippen LogP contribution in [0.3, 0.4) is 0 Å². The highest BCUT2D eigenvalue weighted by Gasteiger charge is 2.37. The summed E-state index contributed by atoms with van der Waals surface area (Å²) in [6.45, 7) is 4.24. The second kappa shape index (κ2) is 9.92. The summed E-state index contributed by atoms with van der Waals surface area (Å²) >= 11 is 1.38. The smallest absolute Gasteiger partial charge is 0.247 e. The molecule has 1 aliphatic heterocycles. The van der Waals surface area contributed by atoms with Crippen molar-refractivity contribution in [2.45, 2.75) is 38.1 Å². The van der Waals surface area contributed by atoms with Gasteiger partial charge in [-0.25, -0.2) is 0 Å². The van der Waals surface area contributed by atoms with Gasteiger partial charge in [0.1, 0.15) is 5.75 Å². The molecule has 1 aromatic heterocycles. The van der Waals surface area contributed by atoms with E-state index in [1.54, 1.807) is 4.90 Å². The van der Waals surface area contributed by atoms with Gasteiger partial charge in [0.15, 0.2) is 5.69 Å². The molecule has 0 N–H and O–H groups in total. The number of aromatic nitrogens is 3. The summed E-state index contributed by atoms with van der Waals surface area (Å²) in [5, 5.41) is 11.1. The molecule has 0 aliphatic carbocycles. The van der Waals surface area contributed by atoms with Crippen molar-refractivity contribution < 1.29 is 14.3 Å². The van der Waals surface area contributed by atoms with Gasteiger partial charge in [-0.1, -0.05) is 73.6 Å². The first-order valence-corrected chi connectivity index (χ1v) is 12.8. The number of para-hydroxylation sites is 1. The molecule has 3 aromatic carbocycles. The van der Waals surface area contributed by atoms with Crippen molar-refractivity contribution in [1.29, 1.82) is 0 Å². The highest BCUT2D eigenvalue weighted by atomic mass is 32.2. The lowest BCUT2D eigenvalue weighted by Gasteiger charge is -2.31. The van der Waals surface area contributed by atoms with E-state index in [-0.39, 0.29) is 5.91 Å². The predicted molar refractivity (Wildman–Crippen MR) is 138 cm³/mol. The number of nitrogens with zero attached hydrogens (tertiary/aromatic N) is 4. The van der Waals surface area contributed by atoms with Crippen LogP contribution in [0.4, 0.5) is 5.69 Å². The molecule has 0 fully saturated rings. The Morgan fingerprint density at radius 1 is 1.09 bits per heavy atom. The molecule has 1 atom stereocenters. The molecule has 0 bridgehead atoms. The molecule has 4 aromatic rings. The van der Waals surface area contributed by atoms with Crippen LogP contribution in [0.5, 0.6) is 11.6 Å². The number of ether oxygens (including phenoxy) is 2.